The zero-order chi connectivity index (χ0) is 90.6. The first-order valence-electron chi connectivity index (χ1n) is 47.3. The predicted octanol–water partition coefficient (Wildman–Crippen LogP) is 34.1. The number of benzene rings is 21. The smallest absolute Gasteiger partial charge is 0.160 e. The van der Waals surface area contributed by atoms with Gasteiger partial charge >= 0.3 is 0 Å². The second-order valence-corrected chi connectivity index (χ2v) is 36.3. The molecule has 7 heterocycles. The summed E-state index contributed by atoms with van der Waals surface area (Å²) in [7, 11) is 0. The molecule has 642 valence electrons. The van der Waals surface area contributed by atoms with E-state index in [0.717, 1.165) is 173 Å². The standard InChI is InChI=1S/C130H82N8/c1-7-30-83(31-8-1)101-50-29-51-102(84-32-9-2-10-33-84)129(101)116-82-115(93-34-27-44-99(72-93)137-125-68-60-89(85-56-64-121-107(74-85)103-46-19-23-52-117(103)133(121)95-36-11-3-12-37-95)78-111(125)112-79-90(61-69-126(112)137)86-57-65-122-108(75-86)104-47-20-24-53-118(104)134(122)96-38-13-4-14-39-96)131-130(132-116)94-35-28-45-100(73-94)138-127-70-62-91(87-58-66-123-109(76-87)105-48-21-25-54-119(105)135(123)97-40-15-5-16-41-97)80-113(127)114-81-92(63-71-128(114)138)88-59-67-124-110(77-88)106-49-22-26-55-120(106)136(124)98-42-17-6-18-43-98/h1-82H. The van der Waals surface area contributed by atoms with Crippen LogP contribution >= 0.6 is 0 Å². The van der Waals surface area contributed by atoms with E-state index in [1.807, 2.05) is 0 Å². The molecule has 8 heteroatoms. The summed E-state index contributed by atoms with van der Waals surface area (Å²) in [6.45, 7) is 0. The maximum absolute atomic E-state index is 5.91. The van der Waals surface area contributed by atoms with Gasteiger partial charge in [0.2, 0.25) is 0 Å². The van der Waals surface area contributed by atoms with Gasteiger partial charge in [-0.25, -0.2) is 9.97 Å². The quantitative estimate of drug-likeness (QED) is 0.103. The van der Waals surface area contributed by atoms with E-state index >= 15 is 0 Å². The molecule has 0 aliphatic rings. The number of rotatable bonds is 15. The number of aromatic nitrogens is 8. The van der Waals surface area contributed by atoms with Gasteiger partial charge in [-0.3, -0.25) is 0 Å². The van der Waals surface area contributed by atoms with Gasteiger partial charge in [0, 0.05) is 115 Å². The third-order valence-corrected chi connectivity index (χ3v) is 28.6. The zero-order valence-electron chi connectivity index (χ0n) is 74.9. The molecule has 7 aromatic heterocycles. The molecule has 28 aromatic rings. The second kappa shape index (κ2) is 31.6. The Morgan fingerprint density at radius 1 is 0.123 bits per heavy atom. The van der Waals surface area contributed by atoms with Crippen LogP contribution in [0.5, 0.6) is 0 Å². The summed E-state index contributed by atoms with van der Waals surface area (Å²) in [6, 6.07) is 183. The molecule has 0 aliphatic carbocycles. The average Bonchev–Trinajstić information content (AvgIpc) is 1.58. The molecule has 0 spiro atoms. The molecule has 0 atom stereocenters. The van der Waals surface area contributed by atoms with Crippen molar-refractivity contribution >= 4 is 131 Å². The molecule has 0 unspecified atom stereocenters. The van der Waals surface area contributed by atoms with E-state index in [2.05, 4.69) is 525 Å². The first kappa shape index (κ1) is 78.2. The van der Waals surface area contributed by atoms with Crippen molar-refractivity contribution in [1.82, 2.24) is 37.4 Å². The Kier molecular flexibility index (Phi) is 17.9. The molecule has 138 heavy (non-hydrogen) atoms. The lowest BCUT2D eigenvalue weighted by atomic mass is 9.89. The van der Waals surface area contributed by atoms with Gasteiger partial charge in [0.05, 0.1) is 77.6 Å². The van der Waals surface area contributed by atoms with Crippen LogP contribution in [-0.4, -0.2) is 37.4 Å². The fourth-order valence-corrected chi connectivity index (χ4v) is 22.3. The minimum atomic E-state index is 0.595. The number of hydrogen-bond acceptors (Lipinski definition) is 2. The minimum Gasteiger partial charge on any atom is -0.309 e. The zero-order valence-corrected chi connectivity index (χ0v) is 74.9. The monoisotopic (exact) mass is 1750 g/mol. The molecule has 0 amide bonds. The highest BCUT2D eigenvalue weighted by Crippen LogP contribution is 2.48. The Hall–Kier alpha value is -18.5. The van der Waals surface area contributed by atoms with E-state index in [9.17, 15) is 0 Å². The van der Waals surface area contributed by atoms with Crippen LogP contribution in [0, 0.1) is 0 Å². The van der Waals surface area contributed by atoms with Crippen LogP contribution < -0.4 is 0 Å². The Labute approximate surface area is 794 Å². The molecule has 0 fully saturated rings. The van der Waals surface area contributed by atoms with Crippen molar-refractivity contribution in [2.75, 3.05) is 0 Å². The Balaban J connectivity index is 0.628. The second-order valence-electron chi connectivity index (χ2n) is 36.3. The first-order valence-corrected chi connectivity index (χ1v) is 47.3. The molecule has 0 N–H and O–H groups in total. The largest absolute Gasteiger partial charge is 0.309 e. The molecule has 0 radical (unpaired) electrons. The minimum absolute atomic E-state index is 0.595. The van der Waals surface area contributed by atoms with Crippen LogP contribution in [0.1, 0.15) is 0 Å². The molecule has 28 rings (SSSR count). The predicted molar refractivity (Wildman–Crippen MR) is 577 cm³/mol. The average molecular weight is 1760 g/mol. The number of fused-ring (bicyclic) bond motifs is 18. The molecule has 0 aliphatic heterocycles. The van der Waals surface area contributed by atoms with Gasteiger partial charge in [0.25, 0.3) is 0 Å². The lowest BCUT2D eigenvalue weighted by Gasteiger charge is -2.18. The van der Waals surface area contributed by atoms with Crippen molar-refractivity contribution in [2.45, 2.75) is 0 Å². The van der Waals surface area contributed by atoms with E-state index in [1.54, 1.807) is 0 Å². The van der Waals surface area contributed by atoms with Crippen LogP contribution in [0.4, 0.5) is 0 Å². The van der Waals surface area contributed by atoms with Crippen LogP contribution in [-0.2, 0) is 0 Å². The van der Waals surface area contributed by atoms with Crippen molar-refractivity contribution in [3.05, 3.63) is 497 Å². The van der Waals surface area contributed by atoms with Crippen LogP contribution in [0.25, 0.3) is 266 Å². The van der Waals surface area contributed by atoms with Gasteiger partial charge < -0.3 is 27.4 Å². The highest BCUT2D eigenvalue weighted by molar-refractivity contribution is 6.18. The Morgan fingerprint density at radius 3 is 0.630 bits per heavy atom. The Morgan fingerprint density at radius 2 is 0.333 bits per heavy atom. The lowest BCUT2D eigenvalue weighted by molar-refractivity contribution is 1.15. The lowest BCUT2D eigenvalue weighted by Crippen LogP contribution is -2.00. The summed E-state index contributed by atoms with van der Waals surface area (Å²) in [4.78, 5) is 11.8. The van der Waals surface area contributed by atoms with Crippen molar-refractivity contribution in [3.8, 4) is 135 Å². The maximum Gasteiger partial charge on any atom is 0.160 e. The van der Waals surface area contributed by atoms with Gasteiger partial charge in [-0.15, -0.1) is 0 Å². The number of para-hydroxylation sites is 8. The van der Waals surface area contributed by atoms with Crippen molar-refractivity contribution in [1.29, 1.82) is 0 Å². The van der Waals surface area contributed by atoms with E-state index in [4.69, 9.17) is 9.97 Å². The summed E-state index contributed by atoms with van der Waals surface area (Å²) in [6.07, 6.45) is 0. The topological polar surface area (TPSA) is 55.4 Å². The summed E-state index contributed by atoms with van der Waals surface area (Å²) in [5.74, 6) is 0.595. The van der Waals surface area contributed by atoms with Crippen molar-refractivity contribution < 1.29 is 0 Å². The summed E-state index contributed by atoms with van der Waals surface area (Å²) < 4.78 is 14.5. The van der Waals surface area contributed by atoms with Gasteiger partial charge in [-0.2, -0.15) is 0 Å². The normalized spacial score (nSPS) is 11.9. The molecular formula is C130H82N8. The van der Waals surface area contributed by atoms with Crippen LogP contribution in [0.2, 0.25) is 0 Å². The van der Waals surface area contributed by atoms with E-state index < -0.39 is 0 Å². The fourth-order valence-electron chi connectivity index (χ4n) is 22.3. The van der Waals surface area contributed by atoms with Crippen LogP contribution in [0.15, 0.2) is 497 Å². The molecular weight excluding hydrogens is 1670 g/mol. The molecule has 0 saturated heterocycles. The number of nitrogens with zero attached hydrogens (tertiary/aromatic N) is 8. The third-order valence-electron chi connectivity index (χ3n) is 28.6. The third kappa shape index (κ3) is 12.6. The Bertz CT molecular complexity index is 8840. The van der Waals surface area contributed by atoms with Gasteiger partial charge in [0.15, 0.2) is 5.82 Å². The van der Waals surface area contributed by atoms with Crippen molar-refractivity contribution in [2.24, 2.45) is 0 Å². The summed E-state index contributed by atoms with van der Waals surface area (Å²) in [5, 5.41) is 14.3. The maximum atomic E-state index is 5.91. The highest BCUT2D eigenvalue weighted by atomic mass is 15.0. The molecule has 21 aromatic carbocycles. The van der Waals surface area contributed by atoms with Crippen molar-refractivity contribution in [3.63, 3.8) is 0 Å². The van der Waals surface area contributed by atoms with Gasteiger partial charge in [-0.1, -0.05) is 297 Å². The van der Waals surface area contributed by atoms with E-state index in [1.165, 1.54) is 87.2 Å². The molecule has 8 nitrogen and oxygen atoms in total. The highest BCUT2D eigenvalue weighted by Gasteiger charge is 2.26. The fraction of sp³-hybridized carbons (Fsp3) is 0. The molecule has 0 saturated carbocycles. The van der Waals surface area contributed by atoms with E-state index in [0.29, 0.717) is 5.82 Å². The first-order chi connectivity index (χ1) is 68.4. The van der Waals surface area contributed by atoms with E-state index in [-0.39, 0.29) is 0 Å². The summed E-state index contributed by atoms with van der Waals surface area (Å²) >= 11 is 0. The van der Waals surface area contributed by atoms with Crippen LogP contribution in [0.3, 0.4) is 0 Å². The SMILES string of the molecule is c1ccc(-c2cccc(-c3ccccc3)c2-c2cc(-c3cccc(-n4c5ccc(-c6ccc7c(c6)c6ccccc6n7-c6ccccc6)cc5c5cc(-c6ccc7c(c6)c6ccccc6n7-c6ccccc6)ccc54)c3)nc(-c3cccc(-n4c5ccc(-c6ccc7c(c6)c6ccccc6n7-c6ccccc6)cc5c5cc(-c6ccc7c(c6)c6ccccc6n7-c6ccccc6)ccc54)c3)n2)cc1. The molecule has 0 bridgehead atoms. The number of hydrogen-bond donors (Lipinski definition) is 0. The van der Waals surface area contributed by atoms with Gasteiger partial charge in [0.1, 0.15) is 0 Å². The summed E-state index contributed by atoms with van der Waals surface area (Å²) in [5.41, 5.74) is 38.0. The van der Waals surface area contributed by atoms with Gasteiger partial charge in [-0.05, 0) is 267 Å².